The highest BCUT2D eigenvalue weighted by Crippen LogP contribution is 2.39. The maximum Gasteiger partial charge on any atom is 0.247 e. The summed E-state index contributed by atoms with van der Waals surface area (Å²) >= 11 is 1.15. The van der Waals surface area contributed by atoms with Gasteiger partial charge >= 0.3 is 0 Å². The Morgan fingerprint density at radius 3 is 2.29 bits per heavy atom. The van der Waals surface area contributed by atoms with Crippen LogP contribution in [0.4, 0.5) is 0 Å². The summed E-state index contributed by atoms with van der Waals surface area (Å²) in [5, 5.41) is 20.8. The molecule has 1 fully saturated rings. The zero-order valence-electron chi connectivity index (χ0n) is 15.5. The van der Waals surface area contributed by atoms with Crippen molar-refractivity contribution in [3.63, 3.8) is 0 Å². The lowest BCUT2D eigenvalue weighted by atomic mass is 10.0. The number of aromatic nitrogens is 5. The second-order valence-corrected chi connectivity index (χ2v) is 10.1. The first-order valence-electron chi connectivity index (χ1n) is 8.44. The van der Waals surface area contributed by atoms with Crippen molar-refractivity contribution in [2.75, 3.05) is 13.1 Å². The number of nitrogens with zero attached hydrogens (tertiary/aromatic N) is 3. The van der Waals surface area contributed by atoms with Crippen LogP contribution < -0.4 is 16.0 Å². The Labute approximate surface area is 190 Å². The predicted molar refractivity (Wildman–Crippen MR) is 117 cm³/mol. The van der Waals surface area contributed by atoms with Crippen molar-refractivity contribution in [1.82, 2.24) is 30.9 Å². The van der Waals surface area contributed by atoms with Crippen LogP contribution in [0.1, 0.15) is 0 Å². The first-order valence-corrected chi connectivity index (χ1v) is 12.5. The molecule has 3 heterocycles. The molecule has 0 radical (unpaired) electrons. The smallest absolute Gasteiger partial charge is 0.247 e. The molecular formula is C15H16IN7O6S2. The van der Waals surface area contributed by atoms with Crippen molar-refractivity contribution in [3.05, 3.63) is 40.8 Å². The number of hydrogen-bond acceptors (Lipinski definition) is 10. The number of aromatic amines is 2. The van der Waals surface area contributed by atoms with Gasteiger partial charge in [-0.3, -0.25) is 4.79 Å². The predicted octanol–water partition coefficient (Wildman–Crippen LogP) is -1.06. The summed E-state index contributed by atoms with van der Waals surface area (Å²) in [6.45, 7) is 0.400. The first-order chi connectivity index (χ1) is 14.7. The van der Waals surface area contributed by atoms with Crippen molar-refractivity contribution in [2.24, 2.45) is 5.14 Å². The van der Waals surface area contributed by atoms with Gasteiger partial charge in [0.2, 0.25) is 21.4 Å². The third kappa shape index (κ3) is 4.53. The van der Waals surface area contributed by atoms with Crippen molar-refractivity contribution in [2.45, 2.75) is 15.0 Å². The quantitative estimate of drug-likeness (QED) is 0.230. The molecule has 0 aliphatic carbocycles. The number of hydrogen-bond donors (Lipinski definition) is 5. The van der Waals surface area contributed by atoms with E-state index in [4.69, 9.17) is 8.57 Å². The molecule has 1 aliphatic heterocycles. The van der Waals surface area contributed by atoms with Gasteiger partial charge in [-0.25, -0.2) is 22.0 Å². The molecule has 16 heteroatoms. The number of benzene rings is 1. The summed E-state index contributed by atoms with van der Waals surface area (Å²) in [6, 6.07) is 5.32. The minimum Gasteiger partial charge on any atom is -0.331 e. The molecule has 1 aromatic carbocycles. The summed E-state index contributed by atoms with van der Waals surface area (Å²) < 4.78 is 58.1. The Kier molecular flexibility index (Phi) is 6.86. The molecule has 1 saturated heterocycles. The van der Waals surface area contributed by atoms with Crippen molar-refractivity contribution in [1.29, 1.82) is 0 Å². The molecule has 1 aliphatic rings. The topological polar surface area (TPSA) is 214 Å². The fourth-order valence-corrected chi connectivity index (χ4v) is 6.22. The third-order valence-electron chi connectivity index (χ3n) is 4.56. The van der Waals surface area contributed by atoms with E-state index in [1.54, 1.807) is 0 Å². The van der Waals surface area contributed by atoms with E-state index in [2.05, 4.69) is 30.9 Å². The van der Waals surface area contributed by atoms with Crippen LogP contribution in [0.15, 0.2) is 45.0 Å². The summed E-state index contributed by atoms with van der Waals surface area (Å²) in [5.41, 5.74) is 0.181. The molecular weight excluding hydrogens is 565 g/mol. The number of halogens is 1. The van der Waals surface area contributed by atoms with Crippen LogP contribution in [0.2, 0.25) is 0 Å². The standard InChI is InChI=1S/C15H15N7O5S2.HIO/c16-29(26,27)14-11(28(24,25)9-6-17-7-9)3-2-10(8-1-4-12(23)18-5-8)13(14)15-19-21-22-20-15;1-2/h1-5,9,17H,6-7H2,(H,18,23)(H2,16,26,27)(H,19,20,21,22);2H. The summed E-state index contributed by atoms with van der Waals surface area (Å²) in [4.78, 5) is 12.8. The second kappa shape index (κ2) is 9.09. The average molecular weight is 581 g/mol. The van der Waals surface area contributed by atoms with E-state index in [1.165, 1.54) is 30.5 Å². The number of H-pyrrole nitrogens is 2. The van der Waals surface area contributed by atoms with E-state index in [0.717, 1.165) is 23.0 Å². The zero-order valence-corrected chi connectivity index (χ0v) is 19.3. The molecule has 13 nitrogen and oxygen atoms in total. The van der Waals surface area contributed by atoms with E-state index in [9.17, 15) is 21.6 Å². The van der Waals surface area contributed by atoms with Gasteiger partial charge in [-0.1, -0.05) is 6.07 Å². The fourth-order valence-electron chi connectivity index (χ4n) is 3.04. The van der Waals surface area contributed by atoms with E-state index in [-0.39, 0.29) is 35.6 Å². The van der Waals surface area contributed by atoms with E-state index in [0.29, 0.717) is 5.56 Å². The number of primary sulfonamides is 1. The van der Waals surface area contributed by atoms with E-state index >= 15 is 0 Å². The van der Waals surface area contributed by atoms with Crippen molar-refractivity contribution >= 4 is 42.9 Å². The maximum atomic E-state index is 13.0. The van der Waals surface area contributed by atoms with E-state index in [1.807, 2.05) is 0 Å². The molecule has 0 atom stereocenters. The van der Waals surface area contributed by atoms with Crippen molar-refractivity contribution in [3.8, 4) is 22.5 Å². The largest absolute Gasteiger partial charge is 0.331 e. The average Bonchev–Trinajstić information content (AvgIpc) is 3.21. The number of pyridine rings is 1. The van der Waals surface area contributed by atoms with Crippen LogP contribution in [0, 0.1) is 0 Å². The first kappa shape index (κ1) is 23.4. The molecule has 0 spiro atoms. The van der Waals surface area contributed by atoms with Crippen LogP contribution in [0.25, 0.3) is 22.5 Å². The zero-order chi connectivity index (χ0) is 22.8. The van der Waals surface area contributed by atoms with Gasteiger partial charge in [-0.15, -0.1) is 10.2 Å². The fraction of sp³-hybridized carbons (Fsp3) is 0.200. The molecule has 0 bridgehead atoms. The minimum absolute atomic E-state index is 0.123. The highest BCUT2D eigenvalue weighted by Gasteiger charge is 2.38. The normalized spacial score (nSPS) is 14.4. The van der Waals surface area contributed by atoms with Gasteiger partial charge in [0.1, 0.15) is 27.9 Å². The second-order valence-electron chi connectivity index (χ2n) is 6.36. The molecule has 0 saturated carbocycles. The molecule has 4 rings (SSSR count). The lowest BCUT2D eigenvalue weighted by molar-refractivity contribution is 0.493. The lowest BCUT2D eigenvalue weighted by Gasteiger charge is -2.28. The highest BCUT2D eigenvalue weighted by atomic mass is 127. The van der Waals surface area contributed by atoms with Crippen LogP contribution in [-0.4, -0.2) is 64.2 Å². The minimum atomic E-state index is -4.52. The van der Waals surface area contributed by atoms with Gasteiger partial charge in [0.25, 0.3) is 0 Å². The van der Waals surface area contributed by atoms with Crippen LogP contribution >= 0.6 is 23.0 Å². The van der Waals surface area contributed by atoms with Crippen LogP contribution in [-0.2, 0) is 19.9 Å². The van der Waals surface area contributed by atoms with Crippen molar-refractivity contribution < 1.29 is 20.3 Å². The maximum absolute atomic E-state index is 13.0. The summed E-state index contributed by atoms with van der Waals surface area (Å²) in [7, 11) is -8.52. The Hall–Kier alpha value is -2.25. The SMILES string of the molecule is NS(=O)(=O)c1c(S(=O)(=O)C2CNC2)ccc(-c2ccc(=O)[nH]c2)c1-c1nn[nH]n1.OI. The molecule has 2 aromatic heterocycles. The Balaban J connectivity index is 0.00000132. The molecule has 166 valence electrons. The highest BCUT2D eigenvalue weighted by molar-refractivity contribution is 14.1. The van der Waals surface area contributed by atoms with Gasteiger partial charge in [0.05, 0.1) is 15.7 Å². The Morgan fingerprint density at radius 2 is 1.81 bits per heavy atom. The third-order valence-corrected chi connectivity index (χ3v) is 7.85. The number of sulfone groups is 1. The van der Waals surface area contributed by atoms with Gasteiger partial charge in [0.15, 0.2) is 9.84 Å². The Morgan fingerprint density at radius 1 is 1.10 bits per heavy atom. The number of nitrogens with two attached hydrogens (primary N) is 1. The van der Waals surface area contributed by atoms with Gasteiger partial charge in [0, 0.05) is 25.4 Å². The number of sulfonamides is 1. The summed E-state index contributed by atoms with van der Waals surface area (Å²) in [6.07, 6.45) is 1.36. The Bertz CT molecular complexity index is 1330. The summed E-state index contributed by atoms with van der Waals surface area (Å²) in [5.74, 6) is -0.154. The number of tetrazole rings is 1. The monoisotopic (exact) mass is 581 g/mol. The number of nitrogens with one attached hydrogen (secondary N) is 3. The van der Waals surface area contributed by atoms with E-state index < -0.39 is 34.9 Å². The lowest BCUT2D eigenvalue weighted by Crippen LogP contribution is -2.51. The molecule has 6 N–H and O–H groups in total. The molecule has 3 aromatic rings. The van der Waals surface area contributed by atoms with Crippen LogP contribution in [0.3, 0.4) is 0 Å². The van der Waals surface area contributed by atoms with Gasteiger partial charge in [-0.05, 0) is 28.5 Å². The molecule has 31 heavy (non-hydrogen) atoms. The number of rotatable bonds is 5. The van der Waals surface area contributed by atoms with Gasteiger partial charge < -0.3 is 13.7 Å². The van der Waals surface area contributed by atoms with Gasteiger partial charge in [-0.2, -0.15) is 5.21 Å². The molecule has 0 unspecified atom stereocenters. The van der Waals surface area contributed by atoms with Crippen LogP contribution in [0.5, 0.6) is 0 Å². The molecule has 0 amide bonds.